The molecule has 2 amide bonds. The molecule has 2 aliphatic heterocycles. The SMILES string of the molecule is CC(C)(C)OC(=O)N1CSC[C@@H]1C(=O)NO[C@H]1CCCCO1. The molecule has 7 nitrogen and oxygen atoms in total. The molecule has 0 aromatic carbocycles. The summed E-state index contributed by atoms with van der Waals surface area (Å²) < 4.78 is 10.7. The molecule has 0 unspecified atom stereocenters. The highest BCUT2D eigenvalue weighted by Gasteiger charge is 2.37. The molecule has 0 radical (unpaired) electrons. The van der Waals surface area contributed by atoms with Crippen molar-refractivity contribution >= 4 is 23.8 Å². The zero-order chi connectivity index (χ0) is 16.2. The number of carbonyl (C=O) groups is 2. The minimum atomic E-state index is -0.586. The van der Waals surface area contributed by atoms with Crippen LogP contribution in [-0.4, -0.2) is 53.1 Å². The summed E-state index contributed by atoms with van der Waals surface area (Å²) >= 11 is 1.51. The molecule has 126 valence electrons. The Bertz CT molecular complexity index is 407. The Morgan fingerprint density at radius 1 is 1.32 bits per heavy atom. The van der Waals surface area contributed by atoms with Crippen LogP contribution in [0.2, 0.25) is 0 Å². The van der Waals surface area contributed by atoms with Crippen molar-refractivity contribution in [2.45, 2.75) is 58.0 Å². The lowest BCUT2D eigenvalue weighted by Crippen LogP contribution is -2.49. The van der Waals surface area contributed by atoms with Gasteiger partial charge in [-0.1, -0.05) is 0 Å². The van der Waals surface area contributed by atoms with E-state index in [-0.39, 0.29) is 5.91 Å². The molecule has 22 heavy (non-hydrogen) atoms. The van der Waals surface area contributed by atoms with Gasteiger partial charge in [0.05, 0.1) is 5.88 Å². The first-order valence-electron chi connectivity index (χ1n) is 7.51. The number of hydrogen-bond donors (Lipinski definition) is 1. The number of rotatable bonds is 3. The number of hydrogen-bond acceptors (Lipinski definition) is 6. The molecular formula is C14H24N2O5S. The summed E-state index contributed by atoms with van der Waals surface area (Å²) in [5, 5.41) is 0. The molecule has 2 rings (SSSR count). The Hall–Kier alpha value is -0.990. The van der Waals surface area contributed by atoms with Crippen LogP contribution >= 0.6 is 11.8 Å². The number of nitrogens with zero attached hydrogens (tertiary/aromatic N) is 1. The van der Waals surface area contributed by atoms with E-state index in [1.54, 1.807) is 20.8 Å². The fourth-order valence-corrected chi connectivity index (χ4v) is 3.30. The average molecular weight is 332 g/mol. The molecular weight excluding hydrogens is 308 g/mol. The molecule has 0 aliphatic carbocycles. The maximum absolute atomic E-state index is 12.2. The fraction of sp³-hybridized carbons (Fsp3) is 0.857. The van der Waals surface area contributed by atoms with Gasteiger partial charge in [0.1, 0.15) is 11.6 Å². The first-order chi connectivity index (χ1) is 10.4. The first-order valence-corrected chi connectivity index (χ1v) is 8.67. The monoisotopic (exact) mass is 332 g/mol. The van der Waals surface area contributed by atoms with Crippen molar-refractivity contribution in [1.29, 1.82) is 0 Å². The first kappa shape index (κ1) is 17.4. The van der Waals surface area contributed by atoms with Gasteiger partial charge in [0.15, 0.2) is 6.29 Å². The van der Waals surface area contributed by atoms with Gasteiger partial charge in [-0.3, -0.25) is 9.69 Å². The number of nitrogens with one attached hydrogen (secondary N) is 1. The van der Waals surface area contributed by atoms with Gasteiger partial charge in [-0.05, 0) is 33.6 Å². The normalized spacial score (nSPS) is 25.9. The molecule has 2 heterocycles. The zero-order valence-corrected chi connectivity index (χ0v) is 14.1. The van der Waals surface area contributed by atoms with E-state index in [1.165, 1.54) is 16.7 Å². The van der Waals surface area contributed by atoms with Crippen LogP contribution in [0.15, 0.2) is 0 Å². The van der Waals surface area contributed by atoms with Crippen molar-refractivity contribution in [3.63, 3.8) is 0 Å². The molecule has 0 bridgehead atoms. The number of ether oxygens (including phenoxy) is 2. The molecule has 2 fully saturated rings. The molecule has 1 N–H and O–H groups in total. The smallest absolute Gasteiger partial charge is 0.411 e. The van der Waals surface area contributed by atoms with Gasteiger partial charge in [0.2, 0.25) is 0 Å². The quantitative estimate of drug-likeness (QED) is 0.795. The average Bonchev–Trinajstić information content (AvgIpc) is 2.93. The summed E-state index contributed by atoms with van der Waals surface area (Å²) in [5.41, 5.74) is 1.83. The maximum Gasteiger partial charge on any atom is 0.411 e. The van der Waals surface area contributed by atoms with Crippen molar-refractivity contribution in [2.24, 2.45) is 0 Å². The van der Waals surface area contributed by atoms with Gasteiger partial charge in [-0.25, -0.2) is 15.1 Å². The molecule has 0 spiro atoms. The van der Waals surface area contributed by atoms with Crippen LogP contribution in [0.5, 0.6) is 0 Å². The lowest BCUT2D eigenvalue weighted by Gasteiger charge is -2.28. The van der Waals surface area contributed by atoms with Crippen molar-refractivity contribution in [2.75, 3.05) is 18.2 Å². The van der Waals surface area contributed by atoms with Gasteiger partial charge in [0, 0.05) is 18.8 Å². The summed E-state index contributed by atoms with van der Waals surface area (Å²) in [6.45, 7) is 6.04. The van der Waals surface area contributed by atoms with E-state index in [9.17, 15) is 9.59 Å². The van der Waals surface area contributed by atoms with Crippen LogP contribution in [0.3, 0.4) is 0 Å². The Labute approximate surface area is 135 Å². The van der Waals surface area contributed by atoms with Gasteiger partial charge >= 0.3 is 6.09 Å². The second-order valence-electron chi connectivity index (χ2n) is 6.35. The molecule has 2 saturated heterocycles. The second kappa shape index (κ2) is 7.52. The number of thioether (sulfide) groups is 1. The Morgan fingerprint density at radius 2 is 2.09 bits per heavy atom. The van der Waals surface area contributed by atoms with E-state index in [1.807, 2.05) is 0 Å². The third-order valence-electron chi connectivity index (χ3n) is 3.24. The zero-order valence-electron chi connectivity index (χ0n) is 13.3. The van der Waals surface area contributed by atoms with E-state index in [0.29, 0.717) is 18.2 Å². The molecule has 0 aromatic rings. The topological polar surface area (TPSA) is 77.1 Å². The van der Waals surface area contributed by atoms with Crippen LogP contribution < -0.4 is 5.48 Å². The van der Waals surface area contributed by atoms with Gasteiger partial charge in [-0.15, -0.1) is 11.8 Å². The fourth-order valence-electron chi connectivity index (χ4n) is 2.16. The number of amides is 2. The predicted octanol–water partition coefficient (Wildman–Crippen LogP) is 1.87. The summed E-state index contributed by atoms with van der Waals surface area (Å²) in [5.74, 6) is 0.623. The summed E-state index contributed by atoms with van der Waals surface area (Å²) in [6.07, 6.45) is 1.91. The van der Waals surface area contributed by atoms with Crippen LogP contribution in [0.4, 0.5) is 4.79 Å². The third kappa shape index (κ3) is 5.03. The van der Waals surface area contributed by atoms with Crippen LogP contribution in [-0.2, 0) is 19.1 Å². The molecule has 2 aliphatic rings. The highest BCUT2D eigenvalue weighted by atomic mass is 32.2. The largest absolute Gasteiger partial charge is 0.444 e. The van der Waals surface area contributed by atoms with E-state index in [2.05, 4.69) is 5.48 Å². The van der Waals surface area contributed by atoms with Gasteiger partial charge < -0.3 is 9.47 Å². The molecule has 0 aromatic heterocycles. The lowest BCUT2D eigenvalue weighted by atomic mass is 10.2. The van der Waals surface area contributed by atoms with E-state index < -0.39 is 24.0 Å². The highest BCUT2D eigenvalue weighted by molar-refractivity contribution is 7.99. The highest BCUT2D eigenvalue weighted by Crippen LogP contribution is 2.24. The Kier molecular flexibility index (Phi) is 5.94. The summed E-state index contributed by atoms with van der Waals surface area (Å²) in [6, 6.07) is -0.580. The van der Waals surface area contributed by atoms with Crippen LogP contribution in [0, 0.1) is 0 Å². The van der Waals surface area contributed by atoms with Crippen molar-refractivity contribution in [3.8, 4) is 0 Å². The molecule has 0 saturated carbocycles. The standard InChI is InChI=1S/C14H24N2O5S/c1-14(2,3)20-13(18)16-9-22-8-10(16)12(17)15-21-11-6-4-5-7-19-11/h10-11H,4-9H2,1-3H3,(H,15,17)/t10-,11+/m1/s1. The number of carbonyl (C=O) groups excluding carboxylic acids is 2. The van der Waals surface area contributed by atoms with Crippen LogP contribution in [0.1, 0.15) is 40.0 Å². The van der Waals surface area contributed by atoms with Gasteiger partial charge in [-0.2, -0.15) is 0 Å². The van der Waals surface area contributed by atoms with Crippen LogP contribution in [0.25, 0.3) is 0 Å². The van der Waals surface area contributed by atoms with Gasteiger partial charge in [0.25, 0.3) is 5.91 Å². The Morgan fingerprint density at radius 3 is 2.73 bits per heavy atom. The minimum absolute atomic E-state index is 0.343. The number of hydroxylamine groups is 1. The summed E-state index contributed by atoms with van der Waals surface area (Å²) in [7, 11) is 0. The van der Waals surface area contributed by atoms with Crippen molar-refractivity contribution < 1.29 is 23.9 Å². The summed E-state index contributed by atoms with van der Waals surface area (Å²) in [4.78, 5) is 31.0. The van der Waals surface area contributed by atoms with Crippen molar-refractivity contribution in [1.82, 2.24) is 10.4 Å². The van der Waals surface area contributed by atoms with E-state index in [0.717, 1.165) is 19.3 Å². The Balaban J connectivity index is 1.83. The third-order valence-corrected chi connectivity index (χ3v) is 4.25. The minimum Gasteiger partial charge on any atom is -0.444 e. The second-order valence-corrected chi connectivity index (χ2v) is 7.35. The maximum atomic E-state index is 12.2. The molecule has 2 atom stereocenters. The predicted molar refractivity (Wildman–Crippen MR) is 82.0 cm³/mol. The van der Waals surface area contributed by atoms with Crippen molar-refractivity contribution in [3.05, 3.63) is 0 Å². The lowest BCUT2D eigenvalue weighted by molar-refractivity contribution is -0.201. The molecule has 8 heteroatoms. The van der Waals surface area contributed by atoms with E-state index in [4.69, 9.17) is 14.3 Å². The van der Waals surface area contributed by atoms with E-state index >= 15 is 0 Å².